The van der Waals surface area contributed by atoms with E-state index in [1.54, 1.807) is 4.72 Å². The molecule has 0 bridgehead atoms. The van der Waals surface area contributed by atoms with Crippen molar-refractivity contribution in [3.05, 3.63) is 70.6 Å². The maximum atomic E-state index is 14.3. The fourth-order valence-corrected chi connectivity index (χ4v) is 3.85. The number of nitrogens with zero attached hydrogens (tertiary/aromatic N) is 1. The number of oxazole rings is 1. The molecule has 1 aromatic heterocycles. The summed E-state index contributed by atoms with van der Waals surface area (Å²) < 4.78 is 103. The summed E-state index contributed by atoms with van der Waals surface area (Å²) in [5.41, 5.74) is -1.64. The molecule has 3 aromatic rings. The van der Waals surface area contributed by atoms with Gasteiger partial charge in [0.1, 0.15) is 17.7 Å². The molecule has 0 fully saturated rings. The van der Waals surface area contributed by atoms with E-state index in [9.17, 15) is 35.2 Å². The number of aryl methyl sites for hydroxylation is 1. The van der Waals surface area contributed by atoms with Gasteiger partial charge in [-0.1, -0.05) is 19.4 Å². The number of hydrogen-bond donors (Lipinski definition) is 2. The standard InChI is InChI=1S/C23H22F5N3O5S/c1-4-5-13-6-7-15(23(26,27)28)10-19(13)36-22-30-18(11-35-22)21(32)29-12(2)14-8-16(24)20(17(25)9-14)31-37(3,33)34/h6-12,31H,4-5H2,1-3H3,(H,29,32)/t12-/m1/s1. The van der Waals surface area contributed by atoms with E-state index < -0.39 is 57.1 Å². The highest BCUT2D eigenvalue weighted by Crippen LogP contribution is 2.35. The van der Waals surface area contributed by atoms with Crippen molar-refractivity contribution < 1.29 is 44.3 Å². The Kier molecular flexibility index (Phi) is 8.10. The van der Waals surface area contributed by atoms with E-state index >= 15 is 0 Å². The van der Waals surface area contributed by atoms with Gasteiger partial charge in [0.25, 0.3) is 5.91 Å². The summed E-state index contributed by atoms with van der Waals surface area (Å²) in [4.78, 5) is 16.4. The highest BCUT2D eigenvalue weighted by molar-refractivity contribution is 7.92. The summed E-state index contributed by atoms with van der Waals surface area (Å²) in [7, 11) is -3.93. The molecule has 8 nitrogen and oxygen atoms in total. The predicted octanol–water partition coefficient (Wildman–Crippen LogP) is 5.58. The number of alkyl halides is 3. The minimum Gasteiger partial charge on any atom is -0.416 e. The zero-order valence-corrected chi connectivity index (χ0v) is 20.6. The Morgan fingerprint density at radius 1 is 1.16 bits per heavy atom. The number of aromatic nitrogens is 1. The zero-order valence-electron chi connectivity index (χ0n) is 19.7. The van der Waals surface area contributed by atoms with E-state index in [0.29, 0.717) is 18.4 Å². The monoisotopic (exact) mass is 547 g/mol. The number of sulfonamides is 1. The van der Waals surface area contributed by atoms with Crippen LogP contribution >= 0.6 is 0 Å². The Morgan fingerprint density at radius 2 is 1.81 bits per heavy atom. The first-order valence-electron chi connectivity index (χ1n) is 10.8. The van der Waals surface area contributed by atoms with Crippen LogP contribution in [0.1, 0.15) is 53.5 Å². The smallest absolute Gasteiger partial charge is 0.416 e. The number of rotatable bonds is 9. The number of anilines is 1. The molecule has 0 aliphatic carbocycles. The average Bonchev–Trinajstić information content (AvgIpc) is 3.24. The predicted molar refractivity (Wildman–Crippen MR) is 123 cm³/mol. The summed E-state index contributed by atoms with van der Waals surface area (Å²) in [5, 5.41) is 2.43. The van der Waals surface area contributed by atoms with Crippen molar-refractivity contribution in [3.8, 4) is 11.8 Å². The fourth-order valence-electron chi connectivity index (χ4n) is 3.28. The SMILES string of the molecule is CCCc1ccc(C(F)(F)F)cc1Oc1nc(C(=O)N[C@H](C)c2cc(F)c(NS(C)(=O)=O)c(F)c2)co1. The van der Waals surface area contributed by atoms with E-state index in [0.717, 1.165) is 36.8 Å². The lowest BCUT2D eigenvalue weighted by molar-refractivity contribution is -0.137. The molecule has 2 N–H and O–H groups in total. The zero-order chi connectivity index (χ0) is 27.5. The van der Waals surface area contributed by atoms with Gasteiger partial charge in [0.2, 0.25) is 10.0 Å². The van der Waals surface area contributed by atoms with Crippen molar-refractivity contribution in [1.29, 1.82) is 0 Å². The number of benzene rings is 2. The van der Waals surface area contributed by atoms with Crippen LogP contribution in [0.2, 0.25) is 0 Å². The Morgan fingerprint density at radius 3 is 2.38 bits per heavy atom. The summed E-state index contributed by atoms with van der Waals surface area (Å²) >= 11 is 0. The quantitative estimate of drug-likeness (QED) is 0.339. The third-order valence-corrected chi connectivity index (χ3v) is 5.60. The molecule has 0 aliphatic heterocycles. The Labute approximate surface area is 208 Å². The molecular weight excluding hydrogens is 525 g/mol. The van der Waals surface area contributed by atoms with Crippen LogP contribution in [-0.4, -0.2) is 25.6 Å². The Bertz CT molecular complexity index is 1380. The second-order valence-corrected chi connectivity index (χ2v) is 9.85. The molecule has 3 rings (SSSR count). The fraction of sp³-hybridized carbons (Fsp3) is 0.304. The number of amides is 1. The van der Waals surface area contributed by atoms with Gasteiger partial charge in [0.15, 0.2) is 17.3 Å². The van der Waals surface area contributed by atoms with Crippen LogP contribution in [0, 0.1) is 11.6 Å². The lowest BCUT2D eigenvalue weighted by Crippen LogP contribution is -2.27. The van der Waals surface area contributed by atoms with E-state index in [4.69, 9.17) is 9.15 Å². The van der Waals surface area contributed by atoms with Gasteiger partial charge in [-0.2, -0.15) is 18.2 Å². The second kappa shape index (κ2) is 10.7. The molecule has 1 heterocycles. The highest BCUT2D eigenvalue weighted by Gasteiger charge is 2.31. The van der Waals surface area contributed by atoms with Crippen LogP contribution in [0.3, 0.4) is 0 Å². The van der Waals surface area contributed by atoms with Crippen molar-refractivity contribution in [3.63, 3.8) is 0 Å². The first-order chi connectivity index (χ1) is 17.2. The molecule has 0 unspecified atom stereocenters. The summed E-state index contributed by atoms with van der Waals surface area (Å²) in [6.07, 6.45) is -2.39. The minimum absolute atomic E-state index is 0.0180. The van der Waals surface area contributed by atoms with Crippen LogP contribution < -0.4 is 14.8 Å². The number of carbonyl (C=O) groups is 1. The van der Waals surface area contributed by atoms with Gasteiger partial charge in [0, 0.05) is 0 Å². The Hall–Kier alpha value is -3.68. The summed E-state index contributed by atoms with van der Waals surface area (Å²) in [5.74, 6) is -3.35. The van der Waals surface area contributed by atoms with Gasteiger partial charge in [-0.05, 0) is 48.7 Å². The van der Waals surface area contributed by atoms with Gasteiger partial charge in [0.05, 0.1) is 17.9 Å². The molecule has 0 saturated carbocycles. The van der Waals surface area contributed by atoms with E-state index in [-0.39, 0.29) is 17.0 Å². The largest absolute Gasteiger partial charge is 0.416 e. The molecule has 1 amide bonds. The number of hydrogen-bond acceptors (Lipinski definition) is 6. The van der Waals surface area contributed by atoms with Crippen molar-refractivity contribution in [2.45, 2.75) is 38.9 Å². The van der Waals surface area contributed by atoms with Crippen molar-refractivity contribution in [2.75, 3.05) is 11.0 Å². The van der Waals surface area contributed by atoms with Gasteiger partial charge in [-0.15, -0.1) is 0 Å². The topological polar surface area (TPSA) is 111 Å². The van der Waals surface area contributed by atoms with E-state index in [2.05, 4.69) is 10.3 Å². The van der Waals surface area contributed by atoms with E-state index in [1.165, 1.54) is 13.0 Å². The molecule has 14 heteroatoms. The molecule has 2 aromatic carbocycles. The van der Waals surface area contributed by atoms with Crippen LogP contribution in [0.25, 0.3) is 0 Å². The van der Waals surface area contributed by atoms with Gasteiger partial charge in [-0.3, -0.25) is 9.52 Å². The van der Waals surface area contributed by atoms with Crippen LogP contribution in [0.4, 0.5) is 27.6 Å². The maximum absolute atomic E-state index is 14.3. The molecule has 1 atom stereocenters. The molecule has 200 valence electrons. The van der Waals surface area contributed by atoms with Crippen molar-refractivity contribution in [1.82, 2.24) is 10.3 Å². The van der Waals surface area contributed by atoms with Gasteiger partial charge < -0.3 is 14.5 Å². The Balaban J connectivity index is 1.76. The first-order valence-corrected chi connectivity index (χ1v) is 12.7. The normalized spacial score (nSPS) is 12.8. The van der Waals surface area contributed by atoms with E-state index in [1.807, 2.05) is 6.92 Å². The van der Waals surface area contributed by atoms with Crippen LogP contribution in [0.5, 0.6) is 11.8 Å². The van der Waals surface area contributed by atoms with Crippen molar-refractivity contribution in [2.24, 2.45) is 0 Å². The van der Waals surface area contributed by atoms with Crippen molar-refractivity contribution >= 4 is 21.6 Å². The molecular formula is C23H22F5N3O5S. The number of ether oxygens (including phenoxy) is 1. The van der Waals surface area contributed by atoms with Crippen LogP contribution in [-0.2, 0) is 22.6 Å². The minimum atomic E-state index is -4.60. The number of nitrogens with one attached hydrogen (secondary N) is 2. The lowest BCUT2D eigenvalue weighted by atomic mass is 10.1. The first kappa shape index (κ1) is 27.9. The number of carbonyl (C=O) groups excluding carboxylic acids is 1. The molecule has 0 radical (unpaired) electrons. The molecule has 0 aliphatic rings. The second-order valence-electron chi connectivity index (χ2n) is 8.10. The maximum Gasteiger partial charge on any atom is 0.416 e. The van der Waals surface area contributed by atoms with Gasteiger partial charge in [-0.25, -0.2) is 17.2 Å². The molecule has 0 spiro atoms. The molecule has 0 saturated heterocycles. The third-order valence-electron chi connectivity index (χ3n) is 5.03. The molecule has 37 heavy (non-hydrogen) atoms. The lowest BCUT2D eigenvalue weighted by Gasteiger charge is -2.15. The summed E-state index contributed by atoms with van der Waals surface area (Å²) in [6.45, 7) is 3.25. The van der Waals surface area contributed by atoms with Gasteiger partial charge >= 0.3 is 12.3 Å². The third kappa shape index (κ3) is 7.18. The highest BCUT2D eigenvalue weighted by atomic mass is 32.2. The summed E-state index contributed by atoms with van der Waals surface area (Å²) in [6, 6.07) is 3.77. The number of halogens is 5. The average molecular weight is 548 g/mol. The van der Waals surface area contributed by atoms with Crippen LogP contribution in [0.15, 0.2) is 41.0 Å².